The Morgan fingerprint density at radius 3 is 2.00 bits per heavy atom. The van der Waals surface area contributed by atoms with Gasteiger partial charge in [0, 0.05) is 90.2 Å². The van der Waals surface area contributed by atoms with Crippen molar-refractivity contribution in [1.29, 1.82) is 0 Å². The number of nitrogens with one attached hydrogen (secondary N) is 4. The minimum Gasteiger partial charge on any atom is -0.366 e. The number of benzene rings is 1. The highest BCUT2D eigenvalue weighted by atomic mass is 35.5. The first-order valence-electron chi connectivity index (χ1n) is 15.9. The van der Waals surface area contributed by atoms with E-state index in [2.05, 4.69) is 26.3 Å². The first-order chi connectivity index (χ1) is 24.3. The summed E-state index contributed by atoms with van der Waals surface area (Å²) in [6.45, 7) is 0.405. The van der Waals surface area contributed by atoms with E-state index >= 15 is 0 Å². The Labute approximate surface area is 304 Å². The minimum absolute atomic E-state index is 0.277. The lowest BCUT2D eigenvalue weighted by atomic mass is 10.2. The summed E-state index contributed by atoms with van der Waals surface area (Å²) in [7, 11) is 9.36. The molecule has 51 heavy (non-hydrogen) atoms. The number of amidine groups is 1. The van der Waals surface area contributed by atoms with E-state index < -0.39 is 28.5 Å². The maximum absolute atomic E-state index is 13.2. The normalized spacial score (nSPS) is 12.1. The van der Waals surface area contributed by atoms with E-state index in [4.69, 9.17) is 11.6 Å². The molecule has 0 aliphatic carbocycles. The smallest absolute Gasteiger partial charge is 0.272 e. The summed E-state index contributed by atoms with van der Waals surface area (Å²) in [6, 6.07) is 13.3. The highest BCUT2D eigenvalue weighted by Gasteiger charge is 2.19. The summed E-state index contributed by atoms with van der Waals surface area (Å²) in [4.78, 5) is 58.5. The maximum Gasteiger partial charge on any atom is 0.272 e. The van der Waals surface area contributed by atoms with Crippen LogP contribution in [0.1, 0.15) is 43.4 Å². The molecule has 4 amide bonds. The van der Waals surface area contributed by atoms with Crippen molar-refractivity contribution < 1.29 is 23.4 Å². The second kappa shape index (κ2) is 17.5. The van der Waals surface area contributed by atoms with Gasteiger partial charge in [0.15, 0.2) is 0 Å². The Balaban J connectivity index is 1.33. The molecule has 0 aliphatic rings. The molecule has 3 aromatic heterocycles. The number of carbonyl (C=O) groups excluding carboxylic acids is 4. The van der Waals surface area contributed by atoms with Gasteiger partial charge < -0.3 is 39.9 Å². The molecule has 14 nitrogen and oxygen atoms in total. The maximum atomic E-state index is 13.2. The summed E-state index contributed by atoms with van der Waals surface area (Å²) in [5.41, 5.74) is 2.51. The first kappa shape index (κ1) is 38.4. The number of anilines is 3. The molecule has 270 valence electrons. The standard InChI is InChI=1S/C35H42ClN9O5S/c1-37-30(42(2)3)15-17-38-33(47)28-19-24(21-43(28)4)40-35(49)29-20-25(22-44(29)5)39-34(48)27-12-13-31(45(27)6)41-32(46)14-9-23-7-10-26(11-8-23)51(50)18-16-36/h7-14,19-22H,15-18H2,1-6H3,(H,38,47)(H,39,48)(H,40,49)(H,41,46)/b14-9+,37-30?. The number of alkyl halides is 1. The number of aliphatic imine (C=N–C) groups is 1. The SMILES string of the molecule is CN=C(CCNC(=O)c1cc(NC(=O)c2cc(NC(=O)c3ccc(NC(=O)/C=C/c4ccc(S(=O)CCCl)cc4)n3C)cn2C)cn1C)N(C)C. The molecule has 0 aliphatic heterocycles. The summed E-state index contributed by atoms with van der Waals surface area (Å²) < 4.78 is 16.8. The van der Waals surface area contributed by atoms with Crippen LogP contribution in [0, 0.1) is 0 Å². The van der Waals surface area contributed by atoms with Crippen LogP contribution in [0.25, 0.3) is 6.08 Å². The summed E-state index contributed by atoms with van der Waals surface area (Å²) in [5, 5.41) is 11.2. The van der Waals surface area contributed by atoms with Gasteiger partial charge >= 0.3 is 0 Å². The van der Waals surface area contributed by atoms with Gasteiger partial charge in [0.2, 0.25) is 5.91 Å². The van der Waals surface area contributed by atoms with E-state index in [1.54, 1.807) is 109 Å². The zero-order valence-electron chi connectivity index (χ0n) is 29.3. The van der Waals surface area contributed by atoms with E-state index in [-0.39, 0.29) is 17.3 Å². The quantitative estimate of drug-likeness (QED) is 0.0664. The first-order valence-corrected chi connectivity index (χ1v) is 17.7. The van der Waals surface area contributed by atoms with Gasteiger partial charge in [-0.05, 0) is 48.0 Å². The van der Waals surface area contributed by atoms with Crippen LogP contribution >= 0.6 is 11.6 Å². The van der Waals surface area contributed by atoms with Crippen molar-refractivity contribution in [3.8, 4) is 0 Å². The van der Waals surface area contributed by atoms with Crippen molar-refractivity contribution in [3.05, 3.63) is 89.6 Å². The molecular weight excluding hydrogens is 694 g/mol. The third kappa shape index (κ3) is 10.1. The molecule has 0 saturated heterocycles. The number of hydrogen-bond donors (Lipinski definition) is 4. The van der Waals surface area contributed by atoms with Gasteiger partial charge in [0.1, 0.15) is 22.9 Å². The number of aromatic nitrogens is 3. The lowest BCUT2D eigenvalue weighted by Crippen LogP contribution is -2.31. The third-order valence-electron chi connectivity index (χ3n) is 7.84. The monoisotopic (exact) mass is 735 g/mol. The van der Waals surface area contributed by atoms with Crippen molar-refractivity contribution in [1.82, 2.24) is 23.9 Å². The number of hydrogen-bond acceptors (Lipinski definition) is 6. The fourth-order valence-electron chi connectivity index (χ4n) is 5.14. The van der Waals surface area contributed by atoms with Crippen LogP contribution in [0.15, 0.2) is 76.9 Å². The van der Waals surface area contributed by atoms with Crippen LogP contribution in [0.5, 0.6) is 0 Å². The van der Waals surface area contributed by atoms with Gasteiger partial charge in [-0.3, -0.25) is 28.4 Å². The van der Waals surface area contributed by atoms with Crippen molar-refractivity contribution in [3.63, 3.8) is 0 Å². The number of amides is 4. The molecule has 16 heteroatoms. The average molecular weight is 736 g/mol. The number of aryl methyl sites for hydroxylation is 2. The Morgan fingerprint density at radius 1 is 0.843 bits per heavy atom. The van der Waals surface area contributed by atoms with Crippen LogP contribution in [0.4, 0.5) is 17.2 Å². The number of halogens is 1. The predicted molar refractivity (Wildman–Crippen MR) is 202 cm³/mol. The zero-order chi connectivity index (χ0) is 37.2. The third-order valence-corrected chi connectivity index (χ3v) is 9.62. The molecule has 4 rings (SSSR count). The van der Waals surface area contributed by atoms with Gasteiger partial charge in [-0.25, -0.2) is 0 Å². The van der Waals surface area contributed by atoms with Gasteiger partial charge in [-0.2, -0.15) is 0 Å². The average Bonchev–Trinajstić information content (AvgIpc) is 3.77. The fourth-order valence-corrected chi connectivity index (χ4v) is 6.38. The molecule has 4 aromatic rings. The summed E-state index contributed by atoms with van der Waals surface area (Å²) in [5.74, 6) is 0.374. The van der Waals surface area contributed by atoms with Gasteiger partial charge in [0.25, 0.3) is 17.7 Å². The van der Waals surface area contributed by atoms with E-state index in [0.29, 0.717) is 52.4 Å². The van der Waals surface area contributed by atoms with E-state index in [0.717, 1.165) is 11.4 Å². The topological polar surface area (TPSA) is 164 Å². The molecular formula is C35H42ClN9O5S. The van der Waals surface area contributed by atoms with E-state index in [9.17, 15) is 23.4 Å². The lowest BCUT2D eigenvalue weighted by molar-refractivity contribution is -0.111. The molecule has 0 bridgehead atoms. The largest absolute Gasteiger partial charge is 0.366 e. The molecule has 1 unspecified atom stereocenters. The van der Waals surface area contributed by atoms with Crippen LogP contribution in [0.3, 0.4) is 0 Å². The van der Waals surface area contributed by atoms with Gasteiger partial charge in [-0.15, -0.1) is 11.6 Å². The van der Waals surface area contributed by atoms with E-state index in [1.807, 2.05) is 19.0 Å². The minimum atomic E-state index is -1.17. The summed E-state index contributed by atoms with van der Waals surface area (Å²) in [6.07, 6.45) is 6.82. The lowest BCUT2D eigenvalue weighted by Gasteiger charge is -2.15. The molecule has 0 spiro atoms. The van der Waals surface area contributed by atoms with Crippen LogP contribution in [-0.2, 0) is 36.7 Å². The number of nitrogens with zero attached hydrogens (tertiary/aromatic N) is 5. The number of rotatable bonds is 14. The predicted octanol–water partition coefficient (Wildman–Crippen LogP) is 3.91. The molecule has 3 heterocycles. The molecule has 1 atom stereocenters. The molecule has 0 radical (unpaired) electrons. The van der Waals surface area contributed by atoms with Crippen LogP contribution in [-0.4, -0.2) is 91.6 Å². The Morgan fingerprint density at radius 2 is 1.43 bits per heavy atom. The molecule has 0 fully saturated rings. The van der Waals surface area contributed by atoms with Crippen molar-refractivity contribution >= 4 is 75.1 Å². The van der Waals surface area contributed by atoms with Crippen molar-refractivity contribution in [2.45, 2.75) is 11.3 Å². The van der Waals surface area contributed by atoms with Crippen LogP contribution < -0.4 is 21.3 Å². The molecule has 1 aromatic carbocycles. The van der Waals surface area contributed by atoms with Crippen molar-refractivity contribution in [2.24, 2.45) is 26.1 Å². The second-order valence-corrected chi connectivity index (χ2v) is 13.6. The van der Waals surface area contributed by atoms with Crippen molar-refractivity contribution in [2.75, 3.05) is 55.3 Å². The van der Waals surface area contributed by atoms with E-state index in [1.165, 1.54) is 6.08 Å². The van der Waals surface area contributed by atoms with Gasteiger partial charge in [0.05, 0.1) is 28.0 Å². The van der Waals surface area contributed by atoms with Crippen LogP contribution in [0.2, 0.25) is 0 Å². The molecule has 0 saturated carbocycles. The number of carbonyl (C=O) groups is 4. The Bertz CT molecular complexity index is 1990. The fraction of sp³-hybridized carbons (Fsp3) is 0.286. The van der Waals surface area contributed by atoms with Gasteiger partial charge in [-0.1, -0.05) is 12.1 Å². The highest BCUT2D eigenvalue weighted by Crippen LogP contribution is 2.20. The Kier molecular flexibility index (Phi) is 13.2. The highest BCUT2D eigenvalue weighted by molar-refractivity contribution is 7.85. The molecule has 4 N–H and O–H groups in total. The second-order valence-electron chi connectivity index (χ2n) is 11.7. The zero-order valence-corrected chi connectivity index (χ0v) is 30.9. The Hall–Kier alpha value is -5.41. The summed E-state index contributed by atoms with van der Waals surface area (Å²) >= 11 is 5.67.